The number of benzene rings is 1. The molecule has 0 bridgehead atoms. The molecule has 1 aliphatic heterocycles. The number of hydrogen-bond donors (Lipinski definition) is 1. The van der Waals surface area contributed by atoms with Gasteiger partial charge in [0.1, 0.15) is 0 Å². The molecule has 1 fully saturated rings. The maximum Gasteiger partial charge on any atom is 0.416 e. The van der Waals surface area contributed by atoms with Crippen molar-refractivity contribution in [2.75, 3.05) is 12.3 Å². The molecule has 1 aromatic rings. The maximum atomic E-state index is 12.7. The standard InChI is InChI=1S/C15H20F3NS/c1-2-19-13(14-7-4-8-20-14)10-11-5-3-6-12(9-11)15(16,17)18/h3,5-6,9,13-14,19H,2,4,7-8,10H2,1H3. The van der Waals surface area contributed by atoms with Crippen LogP contribution in [0.5, 0.6) is 0 Å². The third-order valence-corrected chi connectivity index (χ3v) is 5.11. The zero-order valence-electron chi connectivity index (χ0n) is 11.5. The molecule has 0 spiro atoms. The number of nitrogens with one attached hydrogen (secondary N) is 1. The van der Waals surface area contributed by atoms with E-state index in [4.69, 9.17) is 0 Å². The van der Waals surface area contributed by atoms with Crippen LogP contribution < -0.4 is 5.32 Å². The van der Waals surface area contributed by atoms with Gasteiger partial charge in [0.25, 0.3) is 0 Å². The lowest BCUT2D eigenvalue weighted by Gasteiger charge is -2.24. The van der Waals surface area contributed by atoms with Crippen LogP contribution >= 0.6 is 11.8 Å². The zero-order valence-corrected chi connectivity index (χ0v) is 12.4. The van der Waals surface area contributed by atoms with Gasteiger partial charge in [-0.15, -0.1) is 0 Å². The van der Waals surface area contributed by atoms with Gasteiger partial charge < -0.3 is 5.32 Å². The third kappa shape index (κ3) is 4.16. The molecule has 1 heterocycles. The molecule has 1 N–H and O–H groups in total. The van der Waals surface area contributed by atoms with E-state index in [1.54, 1.807) is 6.07 Å². The normalized spacial score (nSPS) is 21.1. The molecule has 1 saturated heterocycles. The topological polar surface area (TPSA) is 12.0 Å². The van der Waals surface area contributed by atoms with E-state index in [0.29, 0.717) is 11.7 Å². The molecule has 112 valence electrons. The largest absolute Gasteiger partial charge is 0.416 e. The lowest BCUT2D eigenvalue weighted by Crippen LogP contribution is -2.38. The van der Waals surface area contributed by atoms with E-state index in [0.717, 1.165) is 30.3 Å². The first-order valence-electron chi connectivity index (χ1n) is 7.02. The molecule has 0 aromatic heterocycles. The van der Waals surface area contributed by atoms with Crippen LogP contribution in [-0.2, 0) is 12.6 Å². The van der Waals surface area contributed by atoms with Gasteiger partial charge in [0.2, 0.25) is 0 Å². The summed E-state index contributed by atoms with van der Waals surface area (Å²) in [5.74, 6) is 1.16. The van der Waals surface area contributed by atoms with Crippen molar-refractivity contribution in [1.29, 1.82) is 0 Å². The van der Waals surface area contributed by atoms with Gasteiger partial charge in [-0.25, -0.2) is 0 Å². The Kier molecular flexibility index (Phi) is 5.38. The van der Waals surface area contributed by atoms with Gasteiger partial charge in [-0.05, 0) is 43.2 Å². The van der Waals surface area contributed by atoms with Crippen molar-refractivity contribution in [3.05, 3.63) is 35.4 Å². The summed E-state index contributed by atoms with van der Waals surface area (Å²) in [7, 11) is 0. The summed E-state index contributed by atoms with van der Waals surface area (Å²) in [6, 6.07) is 5.97. The van der Waals surface area contributed by atoms with Crippen molar-refractivity contribution in [3.63, 3.8) is 0 Å². The summed E-state index contributed by atoms with van der Waals surface area (Å²) in [4.78, 5) is 0. The maximum absolute atomic E-state index is 12.7. The number of likely N-dealkylation sites (N-methyl/N-ethyl adjacent to an activating group) is 1. The number of alkyl halides is 3. The van der Waals surface area contributed by atoms with E-state index in [2.05, 4.69) is 5.32 Å². The van der Waals surface area contributed by atoms with Crippen molar-refractivity contribution in [2.24, 2.45) is 0 Å². The minimum Gasteiger partial charge on any atom is -0.313 e. The van der Waals surface area contributed by atoms with Crippen molar-refractivity contribution < 1.29 is 13.2 Å². The lowest BCUT2D eigenvalue weighted by atomic mass is 9.99. The van der Waals surface area contributed by atoms with E-state index in [-0.39, 0.29) is 6.04 Å². The SMILES string of the molecule is CCNC(Cc1cccc(C(F)(F)F)c1)C1CCCS1. The third-order valence-electron chi connectivity index (χ3n) is 3.59. The van der Waals surface area contributed by atoms with Crippen LogP contribution in [0.4, 0.5) is 13.2 Å². The Labute approximate surface area is 122 Å². The van der Waals surface area contributed by atoms with Gasteiger partial charge in [-0.3, -0.25) is 0 Å². The first-order valence-corrected chi connectivity index (χ1v) is 8.06. The minimum atomic E-state index is -4.26. The van der Waals surface area contributed by atoms with E-state index in [1.807, 2.05) is 18.7 Å². The fourth-order valence-electron chi connectivity index (χ4n) is 2.65. The Hall–Kier alpha value is -0.680. The van der Waals surface area contributed by atoms with Gasteiger partial charge in [-0.2, -0.15) is 24.9 Å². The number of hydrogen-bond acceptors (Lipinski definition) is 2. The highest BCUT2D eigenvalue weighted by Crippen LogP contribution is 2.32. The fraction of sp³-hybridized carbons (Fsp3) is 0.600. The van der Waals surface area contributed by atoms with Gasteiger partial charge in [-0.1, -0.05) is 25.1 Å². The monoisotopic (exact) mass is 303 g/mol. The Bertz CT molecular complexity index is 427. The lowest BCUT2D eigenvalue weighted by molar-refractivity contribution is -0.137. The van der Waals surface area contributed by atoms with Crippen LogP contribution in [0.2, 0.25) is 0 Å². The van der Waals surface area contributed by atoms with Crippen molar-refractivity contribution in [1.82, 2.24) is 5.32 Å². The molecule has 20 heavy (non-hydrogen) atoms. The predicted molar refractivity (Wildman–Crippen MR) is 78.1 cm³/mol. The van der Waals surface area contributed by atoms with Crippen LogP contribution in [0.25, 0.3) is 0 Å². The van der Waals surface area contributed by atoms with Gasteiger partial charge in [0.15, 0.2) is 0 Å². The van der Waals surface area contributed by atoms with E-state index < -0.39 is 11.7 Å². The second-order valence-electron chi connectivity index (χ2n) is 5.12. The van der Waals surface area contributed by atoms with Crippen LogP contribution in [0.1, 0.15) is 30.9 Å². The van der Waals surface area contributed by atoms with E-state index in [1.165, 1.54) is 18.6 Å². The van der Waals surface area contributed by atoms with Crippen LogP contribution in [-0.4, -0.2) is 23.6 Å². The molecule has 0 saturated carbocycles. The summed E-state index contributed by atoms with van der Waals surface area (Å²) >= 11 is 1.93. The highest BCUT2D eigenvalue weighted by atomic mass is 32.2. The molecule has 2 rings (SSSR count). The summed E-state index contributed by atoms with van der Waals surface area (Å²) in [5.41, 5.74) is 0.211. The van der Waals surface area contributed by atoms with Gasteiger partial charge in [0.05, 0.1) is 5.56 Å². The van der Waals surface area contributed by atoms with Crippen LogP contribution in [0.3, 0.4) is 0 Å². The molecule has 5 heteroatoms. The Morgan fingerprint density at radius 1 is 1.40 bits per heavy atom. The molecular weight excluding hydrogens is 283 g/mol. The van der Waals surface area contributed by atoms with Crippen LogP contribution in [0, 0.1) is 0 Å². The summed E-state index contributed by atoms with van der Waals surface area (Å²) in [6.45, 7) is 2.89. The number of halogens is 3. The van der Waals surface area contributed by atoms with Crippen molar-refractivity contribution in [3.8, 4) is 0 Å². The molecule has 1 nitrogen and oxygen atoms in total. The first-order chi connectivity index (χ1) is 9.50. The summed E-state index contributed by atoms with van der Waals surface area (Å²) in [6.07, 6.45) is -1.23. The average Bonchev–Trinajstić information content (AvgIpc) is 2.91. The average molecular weight is 303 g/mol. The molecule has 1 aliphatic rings. The Balaban J connectivity index is 2.09. The van der Waals surface area contributed by atoms with E-state index >= 15 is 0 Å². The molecular formula is C15H20F3NS. The Morgan fingerprint density at radius 3 is 2.80 bits per heavy atom. The molecule has 1 aromatic carbocycles. The van der Waals surface area contributed by atoms with Gasteiger partial charge >= 0.3 is 6.18 Å². The highest BCUT2D eigenvalue weighted by Gasteiger charge is 2.31. The Morgan fingerprint density at radius 2 is 2.20 bits per heavy atom. The number of thioether (sulfide) groups is 1. The smallest absolute Gasteiger partial charge is 0.313 e. The highest BCUT2D eigenvalue weighted by molar-refractivity contribution is 8.00. The zero-order chi connectivity index (χ0) is 14.6. The molecule has 2 unspecified atom stereocenters. The molecule has 0 amide bonds. The quantitative estimate of drug-likeness (QED) is 0.878. The summed E-state index contributed by atoms with van der Waals surface area (Å²) < 4.78 is 38.2. The number of rotatable bonds is 5. The second kappa shape index (κ2) is 6.85. The summed E-state index contributed by atoms with van der Waals surface area (Å²) in [5, 5.41) is 3.95. The van der Waals surface area contributed by atoms with Crippen molar-refractivity contribution >= 4 is 11.8 Å². The first kappa shape index (κ1) is 15.7. The molecule has 2 atom stereocenters. The van der Waals surface area contributed by atoms with Crippen molar-refractivity contribution in [2.45, 2.75) is 43.7 Å². The van der Waals surface area contributed by atoms with E-state index in [9.17, 15) is 13.2 Å². The fourth-order valence-corrected chi connectivity index (χ4v) is 4.04. The molecule has 0 radical (unpaired) electrons. The molecule has 0 aliphatic carbocycles. The predicted octanol–water partition coefficient (Wildman–Crippen LogP) is 4.12. The second-order valence-corrected chi connectivity index (χ2v) is 6.46. The minimum absolute atomic E-state index is 0.260. The van der Waals surface area contributed by atoms with Gasteiger partial charge in [0, 0.05) is 11.3 Å². The van der Waals surface area contributed by atoms with Crippen LogP contribution in [0.15, 0.2) is 24.3 Å².